The largest absolute Gasteiger partial charge is 0.497 e. The second kappa shape index (κ2) is 9.43. The van der Waals surface area contributed by atoms with Gasteiger partial charge in [-0.1, -0.05) is 0 Å². The molecule has 0 unspecified atom stereocenters. The molecule has 7 nitrogen and oxygen atoms in total. The molecule has 1 fully saturated rings. The van der Waals surface area contributed by atoms with Crippen LogP contribution >= 0.6 is 0 Å². The molecule has 3 aromatic carbocycles. The van der Waals surface area contributed by atoms with E-state index < -0.39 is 5.91 Å². The molecule has 1 aliphatic rings. The van der Waals surface area contributed by atoms with Crippen LogP contribution in [-0.4, -0.2) is 50.0 Å². The summed E-state index contributed by atoms with van der Waals surface area (Å²) in [5, 5.41) is 0. The number of benzene rings is 3. The van der Waals surface area contributed by atoms with Gasteiger partial charge in [-0.25, -0.2) is 0 Å². The molecule has 1 aliphatic heterocycles. The number of carbonyl (C=O) groups excluding carboxylic acids is 2. The minimum absolute atomic E-state index is 0.0109. The zero-order valence-corrected chi connectivity index (χ0v) is 17.9. The lowest BCUT2D eigenvalue weighted by Gasteiger charge is -2.36. The van der Waals surface area contributed by atoms with E-state index in [2.05, 4.69) is 4.90 Å². The van der Waals surface area contributed by atoms with Crippen molar-refractivity contribution in [1.82, 2.24) is 4.90 Å². The van der Waals surface area contributed by atoms with E-state index in [-0.39, 0.29) is 5.91 Å². The molecule has 7 heteroatoms. The van der Waals surface area contributed by atoms with Gasteiger partial charge in [-0.3, -0.25) is 9.59 Å². The summed E-state index contributed by atoms with van der Waals surface area (Å²) in [6, 6.07) is 21.6. The van der Waals surface area contributed by atoms with E-state index in [0.29, 0.717) is 35.7 Å². The molecule has 32 heavy (non-hydrogen) atoms. The van der Waals surface area contributed by atoms with Gasteiger partial charge in [-0.15, -0.1) is 0 Å². The van der Waals surface area contributed by atoms with Crippen molar-refractivity contribution in [3.05, 3.63) is 83.9 Å². The van der Waals surface area contributed by atoms with Gasteiger partial charge < -0.3 is 25.0 Å². The molecule has 0 atom stereocenters. The summed E-state index contributed by atoms with van der Waals surface area (Å²) in [4.78, 5) is 28.2. The quantitative estimate of drug-likeness (QED) is 0.645. The maximum Gasteiger partial charge on any atom is 0.253 e. The van der Waals surface area contributed by atoms with Crippen molar-refractivity contribution in [2.45, 2.75) is 0 Å². The summed E-state index contributed by atoms with van der Waals surface area (Å²) in [6.45, 7) is 2.88. The zero-order chi connectivity index (χ0) is 22.5. The monoisotopic (exact) mass is 431 g/mol. The molecular weight excluding hydrogens is 406 g/mol. The zero-order valence-electron chi connectivity index (χ0n) is 17.9. The molecule has 0 bridgehead atoms. The lowest BCUT2D eigenvalue weighted by Crippen LogP contribution is -2.48. The van der Waals surface area contributed by atoms with Crippen molar-refractivity contribution in [3.8, 4) is 17.2 Å². The molecule has 3 aromatic rings. The number of methoxy groups -OCH3 is 1. The number of carbonyl (C=O) groups is 2. The van der Waals surface area contributed by atoms with E-state index >= 15 is 0 Å². The van der Waals surface area contributed by atoms with E-state index in [1.165, 1.54) is 0 Å². The number of nitrogens with zero attached hydrogens (tertiary/aromatic N) is 2. The first-order valence-corrected chi connectivity index (χ1v) is 10.4. The van der Waals surface area contributed by atoms with Crippen LogP contribution in [0.5, 0.6) is 17.2 Å². The van der Waals surface area contributed by atoms with Gasteiger partial charge in [0.1, 0.15) is 17.2 Å². The Bertz CT molecular complexity index is 1070. The number of anilines is 1. The summed E-state index contributed by atoms with van der Waals surface area (Å²) in [5.41, 5.74) is 7.42. The van der Waals surface area contributed by atoms with Gasteiger partial charge in [0.05, 0.1) is 7.11 Å². The SMILES string of the molecule is COc1ccc(N2CCN(C(=O)c3ccc(Oc4ccc(C(N)=O)cc4)cc3)CC2)cc1. The molecule has 0 radical (unpaired) electrons. The van der Waals surface area contributed by atoms with Crippen LogP contribution in [0.25, 0.3) is 0 Å². The van der Waals surface area contributed by atoms with Crippen LogP contribution in [0, 0.1) is 0 Å². The number of piperazine rings is 1. The molecular formula is C25H25N3O4. The third-order valence-electron chi connectivity index (χ3n) is 5.48. The predicted octanol–water partition coefficient (Wildman–Crippen LogP) is 3.55. The Morgan fingerprint density at radius 1 is 0.719 bits per heavy atom. The Labute approximate surface area is 187 Å². The first-order chi connectivity index (χ1) is 15.5. The molecule has 0 aliphatic carbocycles. The van der Waals surface area contributed by atoms with Gasteiger partial charge in [0.2, 0.25) is 5.91 Å². The number of amides is 2. The molecule has 1 heterocycles. The fraction of sp³-hybridized carbons (Fsp3) is 0.200. The highest BCUT2D eigenvalue weighted by atomic mass is 16.5. The van der Waals surface area contributed by atoms with E-state index in [1.807, 2.05) is 29.2 Å². The Morgan fingerprint density at radius 2 is 1.22 bits per heavy atom. The van der Waals surface area contributed by atoms with Crippen molar-refractivity contribution in [2.75, 3.05) is 38.2 Å². The number of primary amides is 1. The smallest absolute Gasteiger partial charge is 0.253 e. The van der Waals surface area contributed by atoms with Crippen LogP contribution in [0.15, 0.2) is 72.8 Å². The van der Waals surface area contributed by atoms with Gasteiger partial charge in [0, 0.05) is 43.0 Å². The summed E-state index contributed by atoms with van der Waals surface area (Å²) >= 11 is 0. The maximum atomic E-state index is 12.9. The molecule has 2 amide bonds. The molecule has 164 valence electrons. The van der Waals surface area contributed by atoms with E-state index in [9.17, 15) is 9.59 Å². The Hall–Kier alpha value is -4.00. The van der Waals surface area contributed by atoms with Crippen LogP contribution in [0.1, 0.15) is 20.7 Å². The third kappa shape index (κ3) is 4.83. The number of ether oxygens (including phenoxy) is 2. The highest BCUT2D eigenvalue weighted by Crippen LogP contribution is 2.24. The molecule has 2 N–H and O–H groups in total. The van der Waals surface area contributed by atoms with Crippen molar-refractivity contribution < 1.29 is 19.1 Å². The summed E-state index contributed by atoms with van der Waals surface area (Å²) in [5.74, 6) is 1.56. The molecule has 0 saturated carbocycles. The van der Waals surface area contributed by atoms with Crippen LogP contribution in [0.2, 0.25) is 0 Å². The number of hydrogen-bond donors (Lipinski definition) is 1. The number of hydrogen-bond acceptors (Lipinski definition) is 5. The molecule has 0 aromatic heterocycles. The number of rotatable bonds is 6. The van der Waals surface area contributed by atoms with Crippen molar-refractivity contribution in [3.63, 3.8) is 0 Å². The van der Waals surface area contributed by atoms with Crippen LogP contribution in [0.3, 0.4) is 0 Å². The molecule has 0 spiro atoms. The first-order valence-electron chi connectivity index (χ1n) is 10.4. The lowest BCUT2D eigenvalue weighted by molar-refractivity contribution is 0.0746. The second-order valence-corrected chi connectivity index (χ2v) is 7.49. The minimum atomic E-state index is -0.482. The van der Waals surface area contributed by atoms with Crippen LogP contribution in [-0.2, 0) is 0 Å². The topological polar surface area (TPSA) is 85.1 Å². The summed E-state index contributed by atoms with van der Waals surface area (Å²) < 4.78 is 11.0. The maximum absolute atomic E-state index is 12.9. The highest BCUT2D eigenvalue weighted by molar-refractivity contribution is 5.94. The van der Waals surface area contributed by atoms with Gasteiger partial charge in [0.25, 0.3) is 5.91 Å². The summed E-state index contributed by atoms with van der Waals surface area (Å²) in [6.07, 6.45) is 0. The van der Waals surface area contributed by atoms with Crippen LogP contribution in [0.4, 0.5) is 5.69 Å². The standard InChI is InChI=1S/C25H25N3O4/c1-31-21-12-6-20(7-13-21)27-14-16-28(17-15-27)25(30)19-4-10-23(11-5-19)32-22-8-2-18(3-9-22)24(26)29/h2-13H,14-17H2,1H3,(H2,26,29). The van der Waals surface area contributed by atoms with Crippen molar-refractivity contribution in [2.24, 2.45) is 5.73 Å². The minimum Gasteiger partial charge on any atom is -0.497 e. The normalized spacial score (nSPS) is 13.5. The first kappa shape index (κ1) is 21.2. The second-order valence-electron chi connectivity index (χ2n) is 7.49. The van der Waals surface area contributed by atoms with E-state index in [0.717, 1.165) is 24.5 Å². The fourth-order valence-corrected chi connectivity index (χ4v) is 3.63. The Kier molecular flexibility index (Phi) is 6.26. The average molecular weight is 431 g/mol. The van der Waals surface area contributed by atoms with Gasteiger partial charge in [-0.2, -0.15) is 0 Å². The predicted molar refractivity (Wildman–Crippen MR) is 123 cm³/mol. The third-order valence-corrected chi connectivity index (χ3v) is 5.48. The van der Waals surface area contributed by atoms with Crippen LogP contribution < -0.4 is 20.1 Å². The van der Waals surface area contributed by atoms with E-state index in [1.54, 1.807) is 55.6 Å². The van der Waals surface area contributed by atoms with E-state index in [4.69, 9.17) is 15.2 Å². The lowest BCUT2D eigenvalue weighted by atomic mass is 10.1. The summed E-state index contributed by atoms with van der Waals surface area (Å²) in [7, 11) is 1.65. The molecule has 1 saturated heterocycles. The van der Waals surface area contributed by atoms with Crippen molar-refractivity contribution in [1.29, 1.82) is 0 Å². The Balaban J connectivity index is 1.33. The highest BCUT2D eigenvalue weighted by Gasteiger charge is 2.22. The number of nitrogens with two attached hydrogens (primary N) is 1. The average Bonchev–Trinajstić information content (AvgIpc) is 2.84. The Morgan fingerprint density at radius 3 is 1.72 bits per heavy atom. The van der Waals surface area contributed by atoms with Gasteiger partial charge >= 0.3 is 0 Å². The van der Waals surface area contributed by atoms with Gasteiger partial charge in [0.15, 0.2) is 0 Å². The molecule has 4 rings (SSSR count). The van der Waals surface area contributed by atoms with Gasteiger partial charge in [-0.05, 0) is 72.8 Å². The fourth-order valence-electron chi connectivity index (χ4n) is 3.63. The van der Waals surface area contributed by atoms with Crippen molar-refractivity contribution >= 4 is 17.5 Å².